The summed E-state index contributed by atoms with van der Waals surface area (Å²) in [6, 6.07) is 11.8. The molecule has 3 atom stereocenters. The Morgan fingerprint density at radius 3 is 2.02 bits per heavy atom. The summed E-state index contributed by atoms with van der Waals surface area (Å²) in [5, 5.41) is 6.15. The number of aryl methyl sites for hydroxylation is 1. The third-order valence-corrected chi connectivity index (χ3v) is 9.55. The molecule has 5 N–H and O–H groups in total. The van der Waals surface area contributed by atoms with Crippen LogP contribution in [0.2, 0.25) is 0 Å². The zero-order valence-electron chi connectivity index (χ0n) is 28.5. The van der Waals surface area contributed by atoms with Crippen LogP contribution in [0.1, 0.15) is 66.5 Å². The summed E-state index contributed by atoms with van der Waals surface area (Å²) in [7, 11) is -0.814. The minimum Gasteiger partial charge on any atom is -0.399 e. The number of amides is 3. The first-order chi connectivity index (χ1) is 20.6. The Bertz CT molecular complexity index is 1510. The third-order valence-electron chi connectivity index (χ3n) is 8.23. The fourth-order valence-corrected chi connectivity index (χ4v) is 6.34. The van der Waals surface area contributed by atoms with Gasteiger partial charge < -0.3 is 21.3 Å². The largest absolute Gasteiger partial charge is 0.399 e. The Labute approximate surface area is 269 Å². The number of rotatable bonds is 12. The van der Waals surface area contributed by atoms with Crippen LogP contribution in [0.4, 0.5) is 5.69 Å². The summed E-state index contributed by atoms with van der Waals surface area (Å²) >= 11 is 0. The molecule has 0 saturated carbocycles. The van der Waals surface area contributed by atoms with E-state index in [0.717, 1.165) is 5.56 Å². The van der Waals surface area contributed by atoms with E-state index >= 15 is 0 Å². The van der Waals surface area contributed by atoms with Crippen molar-refractivity contribution >= 4 is 33.4 Å². The number of anilines is 1. The lowest BCUT2D eigenvalue weighted by atomic mass is 9.76. The van der Waals surface area contributed by atoms with Crippen LogP contribution in [0.3, 0.4) is 0 Å². The highest BCUT2D eigenvalue weighted by molar-refractivity contribution is 7.90. The zero-order valence-corrected chi connectivity index (χ0v) is 29.3. The minimum atomic E-state index is -4.16. The number of hydrogen-bond acceptors (Lipinski definition) is 7. The predicted molar refractivity (Wildman–Crippen MR) is 180 cm³/mol. The van der Waals surface area contributed by atoms with Gasteiger partial charge in [0.2, 0.25) is 11.8 Å². The first-order valence-electron chi connectivity index (χ1n) is 15.1. The van der Waals surface area contributed by atoms with E-state index in [9.17, 15) is 22.8 Å². The lowest BCUT2D eigenvalue weighted by Crippen LogP contribution is -2.61. The Morgan fingerprint density at radius 2 is 1.53 bits per heavy atom. The zero-order chi connectivity index (χ0) is 34.5. The van der Waals surface area contributed by atoms with Gasteiger partial charge in [-0.05, 0) is 61.6 Å². The van der Waals surface area contributed by atoms with E-state index in [1.165, 1.54) is 30.0 Å². The van der Waals surface area contributed by atoms with Crippen LogP contribution in [0.15, 0.2) is 65.1 Å². The SMILES string of the molecule is CN[C@H](C(=O)N[C@H](C(=O)N(C)[C@H](C=C(C)C(=O)NS(=O)(=O)c1ccc(N)c(C)c1)C(C)C)C(C)(C)C)C(C)(C)c1ccccc1. The van der Waals surface area contributed by atoms with Crippen LogP contribution in [-0.2, 0) is 29.8 Å². The molecule has 248 valence electrons. The Balaban J connectivity index is 2.34. The molecule has 0 aliphatic carbocycles. The molecule has 0 fully saturated rings. The molecular formula is C34H51N5O5S. The van der Waals surface area contributed by atoms with Gasteiger partial charge in [0.1, 0.15) is 6.04 Å². The van der Waals surface area contributed by atoms with Crippen LogP contribution in [0.25, 0.3) is 0 Å². The first-order valence-corrected chi connectivity index (χ1v) is 16.5. The van der Waals surface area contributed by atoms with Crippen LogP contribution in [-0.4, -0.2) is 63.3 Å². The van der Waals surface area contributed by atoms with Crippen LogP contribution >= 0.6 is 0 Å². The van der Waals surface area contributed by atoms with E-state index in [2.05, 4.69) is 15.4 Å². The van der Waals surface area contributed by atoms with Gasteiger partial charge in [-0.2, -0.15) is 0 Å². The number of carbonyl (C=O) groups is 3. The minimum absolute atomic E-state index is 0.0814. The van der Waals surface area contributed by atoms with Crippen molar-refractivity contribution in [2.24, 2.45) is 11.3 Å². The third kappa shape index (κ3) is 9.17. The van der Waals surface area contributed by atoms with Crippen molar-refractivity contribution in [2.45, 2.75) is 90.7 Å². The standard InChI is InChI=1S/C34H51N5O5S/c1-21(2)27(20-23(4)30(40)38-45(43,44)25-17-18-26(35)22(3)19-25)39(11)32(42)29(33(5,6)7)37-31(41)28(36-10)34(8,9)24-15-13-12-14-16-24/h12-21,27-29,36H,35H2,1-11H3,(H,37,41)(H,38,40)/t27-,28-,29-/m1/s1. The van der Waals surface area contributed by atoms with E-state index in [1.54, 1.807) is 27.1 Å². The smallest absolute Gasteiger partial charge is 0.264 e. The average Bonchev–Trinajstić information content (AvgIpc) is 2.94. The Morgan fingerprint density at radius 1 is 0.956 bits per heavy atom. The van der Waals surface area contributed by atoms with Crippen LogP contribution < -0.4 is 21.1 Å². The molecule has 0 aromatic heterocycles. The second-order valence-corrected chi connectivity index (χ2v) is 15.3. The van der Waals surface area contributed by atoms with Gasteiger partial charge >= 0.3 is 0 Å². The normalized spacial score (nSPS) is 14.8. The molecule has 0 saturated heterocycles. The van der Waals surface area contributed by atoms with Crippen molar-refractivity contribution in [3.63, 3.8) is 0 Å². The van der Waals surface area contributed by atoms with Gasteiger partial charge in [-0.25, -0.2) is 13.1 Å². The highest BCUT2D eigenvalue weighted by Crippen LogP contribution is 2.29. The number of nitrogen functional groups attached to an aromatic ring is 1. The number of sulfonamides is 1. The van der Waals surface area contributed by atoms with E-state index in [1.807, 2.05) is 78.8 Å². The number of nitrogens with zero attached hydrogens (tertiary/aromatic N) is 1. The summed E-state index contributed by atoms with van der Waals surface area (Å²) in [6.45, 7) is 16.6. The van der Waals surface area contributed by atoms with Gasteiger partial charge in [0.15, 0.2) is 0 Å². The van der Waals surface area contributed by atoms with E-state index in [-0.39, 0.29) is 28.2 Å². The molecule has 2 aromatic carbocycles. The molecule has 0 aliphatic rings. The first kappa shape index (κ1) is 37.5. The fraction of sp³-hybridized carbons (Fsp3) is 0.500. The molecule has 0 radical (unpaired) electrons. The molecule has 0 aliphatic heterocycles. The number of nitrogens with one attached hydrogen (secondary N) is 3. The summed E-state index contributed by atoms with van der Waals surface area (Å²) in [6.07, 6.45) is 1.58. The molecule has 10 nitrogen and oxygen atoms in total. The maximum absolute atomic E-state index is 14.1. The summed E-state index contributed by atoms with van der Waals surface area (Å²) < 4.78 is 27.9. The Hall–Kier alpha value is -3.70. The fourth-order valence-electron chi connectivity index (χ4n) is 5.24. The van der Waals surface area contributed by atoms with Crippen LogP contribution in [0, 0.1) is 18.3 Å². The highest BCUT2D eigenvalue weighted by atomic mass is 32.2. The second-order valence-electron chi connectivity index (χ2n) is 13.6. The molecule has 45 heavy (non-hydrogen) atoms. The molecule has 0 unspecified atom stereocenters. The molecule has 0 heterocycles. The topological polar surface area (TPSA) is 151 Å². The van der Waals surface area contributed by atoms with Gasteiger partial charge in [0.05, 0.1) is 17.0 Å². The maximum Gasteiger partial charge on any atom is 0.264 e. The number of benzene rings is 2. The van der Waals surface area contributed by atoms with Gasteiger partial charge in [-0.15, -0.1) is 0 Å². The van der Waals surface area contributed by atoms with Crippen molar-refractivity contribution in [3.8, 4) is 0 Å². The summed E-state index contributed by atoms with van der Waals surface area (Å²) in [5.41, 5.74) is 6.68. The van der Waals surface area contributed by atoms with E-state index < -0.39 is 44.9 Å². The number of nitrogens with two attached hydrogens (primary N) is 1. The number of likely N-dealkylation sites (N-methyl/N-ethyl adjacent to an activating group) is 2. The van der Waals surface area contributed by atoms with Gasteiger partial charge in [-0.3, -0.25) is 14.4 Å². The molecule has 11 heteroatoms. The van der Waals surface area contributed by atoms with Crippen molar-refractivity contribution in [3.05, 3.63) is 71.3 Å². The van der Waals surface area contributed by atoms with Crippen LogP contribution in [0.5, 0.6) is 0 Å². The van der Waals surface area contributed by atoms with Crippen molar-refractivity contribution in [2.75, 3.05) is 19.8 Å². The van der Waals surface area contributed by atoms with E-state index in [4.69, 9.17) is 5.73 Å². The molecule has 2 aromatic rings. The summed E-state index contributed by atoms with van der Waals surface area (Å²) in [5.74, 6) is -1.60. The quantitative estimate of drug-likeness (QED) is 0.203. The average molecular weight is 642 g/mol. The highest BCUT2D eigenvalue weighted by Gasteiger charge is 2.41. The van der Waals surface area contributed by atoms with Gasteiger partial charge in [0.25, 0.3) is 15.9 Å². The lowest BCUT2D eigenvalue weighted by molar-refractivity contribution is -0.140. The number of hydrogen-bond donors (Lipinski definition) is 4. The summed E-state index contributed by atoms with van der Waals surface area (Å²) in [4.78, 5) is 42.3. The molecule has 0 bridgehead atoms. The van der Waals surface area contributed by atoms with Crippen molar-refractivity contribution in [1.82, 2.24) is 20.3 Å². The van der Waals surface area contributed by atoms with Crippen molar-refractivity contribution < 1.29 is 22.8 Å². The van der Waals surface area contributed by atoms with E-state index in [0.29, 0.717) is 11.3 Å². The van der Waals surface area contributed by atoms with Crippen molar-refractivity contribution in [1.29, 1.82) is 0 Å². The molecule has 2 rings (SSSR count). The second kappa shape index (κ2) is 14.6. The van der Waals surface area contributed by atoms with Gasteiger partial charge in [-0.1, -0.05) is 84.9 Å². The predicted octanol–water partition coefficient (Wildman–Crippen LogP) is 3.91. The Kier molecular flexibility index (Phi) is 12.2. The lowest BCUT2D eigenvalue weighted by Gasteiger charge is -2.40. The van der Waals surface area contributed by atoms with Gasteiger partial charge in [0, 0.05) is 23.7 Å². The maximum atomic E-state index is 14.1. The monoisotopic (exact) mass is 641 g/mol. The molecular weight excluding hydrogens is 590 g/mol. The number of carbonyl (C=O) groups excluding carboxylic acids is 3. The molecule has 3 amide bonds. The molecule has 0 spiro atoms.